The van der Waals surface area contributed by atoms with Gasteiger partial charge in [-0.2, -0.15) is 0 Å². The molecule has 3 aromatic carbocycles. The molecule has 0 aliphatic heterocycles. The fraction of sp³-hybridized carbons (Fsp3) is 0.0870. The Morgan fingerprint density at radius 1 is 1.03 bits per heavy atom. The molecular weight excluding hydrogens is 441 g/mol. The first-order valence-electron chi connectivity index (χ1n) is 9.31. The van der Waals surface area contributed by atoms with Crippen LogP contribution >= 0.6 is 11.6 Å². The molecular formula is C23H19ClN3NaO4. The number of nitrogens with zero attached hydrogens (tertiary/aromatic N) is 2. The number of ether oxygens (including phenoxy) is 2. The van der Waals surface area contributed by atoms with Gasteiger partial charge in [-0.05, 0) is 54.1 Å². The number of nitrogen functional groups attached to an aromatic ring is 1. The quantitative estimate of drug-likeness (QED) is 0.416. The first-order valence-corrected chi connectivity index (χ1v) is 9.68. The van der Waals surface area contributed by atoms with Gasteiger partial charge in [-0.3, -0.25) is 0 Å². The second-order valence-electron chi connectivity index (χ2n) is 6.75. The van der Waals surface area contributed by atoms with E-state index in [9.17, 15) is 4.79 Å². The van der Waals surface area contributed by atoms with E-state index in [-0.39, 0.29) is 47.7 Å². The van der Waals surface area contributed by atoms with Gasteiger partial charge < -0.3 is 20.3 Å². The maximum atomic E-state index is 11.0. The average molecular weight is 460 g/mol. The Morgan fingerprint density at radius 2 is 1.78 bits per heavy atom. The van der Waals surface area contributed by atoms with Crippen molar-refractivity contribution >= 4 is 64.0 Å². The third-order valence-electron chi connectivity index (χ3n) is 4.71. The number of rotatable bonds is 6. The monoisotopic (exact) mass is 459 g/mol. The van der Waals surface area contributed by atoms with E-state index in [1.165, 1.54) is 12.1 Å². The predicted molar refractivity (Wildman–Crippen MR) is 126 cm³/mol. The summed E-state index contributed by atoms with van der Waals surface area (Å²) in [7, 11) is 1.56. The van der Waals surface area contributed by atoms with E-state index in [1.54, 1.807) is 43.5 Å². The number of carbonyl (C=O) groups is 1. The third kappa shape index (κ3) is 5.14. The normalized spacial score (nSPS) is 10.4. The summed E-state index contributed by atoms with van der Waals surface area (Å²) in [5, 5.41) is 10.4. The molecule has 1 aromatic heterocycles. The fourth-order valence-electron chi connectivity index (χ4n) is 3.18. The Labute approximate surface area is 211 Å². The Bertz CT molecular complexity index is 1280. The second kappa shape index (κ2) is 10.2. The Hall–Kier alpha value is -2.84. The van der Waals surface area contributed by atoms with E-state index in [1.807, 2.05) is 12.1 Å². The van der Waals surface area contributed by atoms with Crippen molar-refractivity contribution < 1.29 is 19.4 Å². The van der Waals surface area contributed by atoms with Gasteiger partial charge in [-0.15, -0.1) is 0 Å². The summed E-state index contributed by atoms with van der Waals surface area (Å²) in [4.78, 5) is 19.7. The number of nitrogens with two attached hydrogens (primary N) is 1. The van der Waals surface area contributed by atoms with E-state index in [0.29, 0.717) is 27.7 Å². The van der Waals surface area contributed by atoms with E-state index in [2.05, 4.69) is 9.97 Å². The van der Waals surface area contributed by atoms with Gasteiger partial charge in [-0.1, -0.05) is 23.7 Å². The Kier molecular flexibility index (Phi) is 7.58. The van der Waals surface area contributed by atoms with Crippen molar-refractivity contribution in [3.05, 3.63) is 76.8 Å². The summed E-state index contributed by atoms with van der Waals surface area (Å²) in [5.41, 5.74) is 9.02. The molecule has 0 saturated carbocycles. The number of carboxylic acid groups (broad SMARTS) is 1. The predicted octanol–water partition coefficient (Wildman–Crippen LogP) is 4.17. The molecule has 0 aliphatic rings. The van der Waals surface area contributed by atoms with Gasteiger partial charge >= 0.3 is 35.5 Å². The number of hydrogen-bond donors (Lipinski definition) is 2. The van der Waals surface area contributed by atoms with Crippen LogP contribution in [-0.4, -0.2) is 57.7 Å². The standard InChI is InChI=1S/C23H18ClN3O4.Na.H/c1-30-19-9-6-15(21-17-11-16(24)7-8-18(17)26-23(25)27-21)10-20(19)31-12-13-2-4-14(5-3-13)22(28)29;;/h2-11H,12H2,1H3,(H,28,29)(H2,25,26,27);;. The molecule has 158 valence electrons. The average Bonchev–Trinajstić information content (AvgIpc) is 2.77. The number of benzene rings is 3. The minimum absolute atomic E-state index is 0. The van der Waals surface area contributed by atoms with Crippen LogP contribution in [0.25, 0.3) is 22.2 Å². The maximum absolute atomic E-state index is 11.0. The van der Waals surface area contributed by atoms with E-state index in [0.717, 1.165) is 16.5 Å². The van der Waals surface area contributed by atoms with Gasteiger partial charge in [0.1, 0.15) is 6.61 Å². The van der Waals surface area contributed by atoms with Crippen molar-refractivity contribution in [3.8, 4) is 22.8 Å². The van der Waals surface area contributed by atoms with Crippen LogP contribution < -0.4 is 15.2 Å². The van der Waals surface area contributed by atoms with Gasteiger partial charge in [-0.25, -0.2) is 14.8 Å². The molecule has 4 rings (SSSR count). The van der Waals surface area contributed by atoms with Crippen LogP contribution in [0.3, 0.4) is 0 Å². The molecule has 7 nitrogen and oxygen atoms in total. The van der Waals surface area contributed by atoms with E-state index < -0.39 is 5.97 Å². The zero-order chi connectivity index (χ0) is 22.0. The second-order valence-corrected chi connectivity index (χ2v) is 7.18. The first-order chi connectivity index (χ1) is 14.9. The molecule has 32 heavy (non-hydrogen) atoms. The molecule has 0 amide bonds. The molecule has 0 atom stereocenters. The van der Waals surface area contributed by atoms with Gasteiger partial charge in [0.15, 0.2) is 11.5 Å². The van der Waals surface area contributed by atoms with Crippen LogP contribution in [0.2, 0.25) is 5.02 Å². The third-order valence-corrected chi connectivity index (χ3v) is 4.94. The van der Waals surface area contributed by atoms with Crippen LogP contribution in [0.5, 0.6) is 11.5 Å². The van der Waals surface area contributed by atoms with Crippen LogP contribution in [0.4, 0.5) is 5.95 Å². The fourth-order valence-corrected chi connectivity index (χ4v) is 3.35. The topological polar surface area (TPSA) is 108 Å². The van der Waals surface area contributed by atoms with Crippen molar-refractivity contribution in [2.24, 2.45) is 0 Å². The molecule has 9 heteroatoms. The van der Waals surface area contributed by atoms with Gasteiger partial charge in [0.2, 0.25) is 5.95 Å². The minimum atomic E-state index is -0.974. The number of anilines is 1. The van der Waals surface area contributed by atoms with Crippen molar-refractivity contribution in [1.82, 2.24) is 9.97 Å². The number of hydrogen-bond acceptors (Lipinski definition) is 6. The van der Waals surface area contributed by atoms with Crippen molar-refractivity contribution in [1.29, 1.82) is 0 Å². The first kappa shape index (κ1) is 23.8. The molecule has 0 aliphatic carbocycles. The van der Waals surface area contributed by atoms with Crippen LogP contribution in [0.1, 0.15) is 15.9 Å². The molecule has 0 fully saturated rings. The van der Waals surface area contributed by atoms with Crippen molar-refractivity contribution in [2.75, 3.05) is 12.8 Å². The molecule has 0 bridgehead atoms. The molecule has 1 heterocycles. The van der Waals surface area contributed by atoms with E-state index in [4.69, 9.17) is 31.9 Å². The Morgan fingerprint density at radius 3 is 2.47 bits per heavy atom. The van der Waals surface area contributed by atoms with E-state index >= 15 is 0 Å². The molecule has 0 unspecified atom stereocenters. The number of halogens is 1. The summed E-state index contributed by atoms with van der Waals surface area (Å²) < 4.78 is 11.4. The molecule has 3 N–H and O–H groups in total. The number of methoxy groups -OCH3 is 1. The van der Waals surface area contributed by atoms with Gasteiger partial charge in [0, 0.05) is 16.0 Å². The number of aromatic nitrogens is 2. The summed E-state index contributed by atoms with van der Waals surface area (Å²) in [6, 6.07) is 17.3. The van der Waals surface area contributed by atoms with Crippen LogP contribution in [0.15, 0.2) is 60.7 Å². The van der Waals surface area contributed by atoms with Crippen LogP contribution in [-0.2, 0) is 6.61 Å². The number of fused-ring (bicyclic) bond motifs is 1. The van der Waals surface area contributed by atoms with Gasteiger partial charge in [0.25, 0.3) is 0 Å². The zero-order valence-electron chi connectivity index (χ0n) is 16.5. The van der Waals surface area contributed by atoms with Crippen molar-refractivity contribution in [3.63, 3.8) is 0 Å². The molecule has 0 spiro atoms. The summed E-state index contributed by atoms with van der Waals surface area (Å²) >= 11 is 6.18. The molecule has 0 radical (unpaired) electrons. The summed E-state index contributed by atoms with van der Waals surface area (Å²) in [5.74, 6) is 0.241. The van der Waals surface area contributed by atoms with Crippen LogP contribution in [0, 0.1) is 0 Å². The molecule has 0 saturated heterocycles. The summed E-state index contributed by atoms with van der Waals surface area (Å²) in [6.07, 6.45) is 0. The molecule has 4 aromatic rings. The number of carboxylic acids is 1. The number of aromatic carboxylic acids is 1. The van der Waals surface area contributed by atoms with Crippen molar-refractivity contribution in [2.45, 2.75) is 6.61 Å². The summed E-state index contributed by atoms with van der Waals surface area (Å²) in [6.45, 7) is 0.234. The zero-order valence-corrected chi connectivity index (χ0v) is 17.3. The SMILES string of the molecule is COc1ccc(-c2nc(N)nc3ccc(Cl)cc23)cc1OCc1ccc(C(=O)O)cc1.[NaH]. The van der Waals surface area contributed by atoms with Gasteiger partial charge in [0.05, 0.1) is 23.9 Å². The Balaban J connectivity index is 0.00000289.